The number of rotatable bonds is 3. The highest BCUT2D eigenvalue weighted by atomic mass is 16.6. The fraction of sp³-hybridized carbons (Fsp3) is 0.286. The number of esters is 1. The van der Waals surface area contributed by atoms with E-state index in [2.05, 4.69) is 0 Å². The quantitative estimate of drug-likeness (QED) is 0.629. The van der Waals surface area contributed by atoms with Crippen LogP contribution in [0, 0.1) is 6.92 Å². The summed E-state index contributed by atoms with van der Waals surface area (Å²) in [5, 5.41) is 1.71. The highest BCUT2D eigenvalue weighted by Gasteiger charge is 2.19. The van der Waals surface area contributed by atoms with Crippen LogP contribution >= 0.6 is 0 Å². The first kappa shape index (κ1) is 13.1. The molecule has 0 bridgehead atoms. The van der Waals surface area contributed by atoms with E-state index in [0.29, 0.717) is 17.3 Å². The van der Waals surface area contributed by atoms with Gasteiger partial charge in [0.25, 0.3) is 0 Å². The Hall–Kier alpha value is -2.30. The third-order valence-corrected chi connectivity index (χ3v) is 2.71. The van der Waals surface area contributed by atoms with Crippen LogP contribution in [-0.4, -0.2) is 20.2 Å². The van der Waals surface area contributed by atoms with E-state index in [0.717, 1.165) is 10.8 Å². The zero-order valence-electron chi connectivity index (χ0n) is 11.3. The highest BCUT2D eigenvalue weighted by molar-refractivity contribution is 5.88. The Morgan fingerprint density at radius 1 is 1.11 bits per heavy atom. The molecule has 0 amide bonds. The van der Waals surface area contributed by atoms with E-state index in [4.69, 9.17) is 18.6 Å². The molecule has 5 heteroatoms. The lowest BCUT2D eigenvalue weighted by molar-refractivity contribution is -0.133. The van der Waals surface area contributed by atoms with Crippen LogP contribution in [-0.2, 0) is 4.79 Å². The Balaban J connectivity index is 2.63. The smallest absolute Gasteiger partial charge is 0.493 e. The van der Waals surface area contributed by atoms with Crippen molar-refractivity contribution in [3.63, 3.8) is 0 Å². The number of hydrogen-bond donors (Lipinski definition) is 0. The Kier molecular flexibility index (Phi) is 3.55. The SMILES string of the molecule is COc1cc2cc(OC(C)=O)[o+]c(C)c2cc1OC. The van der Waals surface area contributed by atoms with Crippen LogP contribution in [0.2, 0.25) is 0 Å². The third kappa shape index (κ3) is 2.59. The largest absolute Gasteiger partial charge is 0.527 e. The van der Waals surface area contributed by atoms with Gasteiger partial charge in [-0.25, -0.2) is 9.53 Å². The van der Waals surface area contributed by atoms with Crippen molar-refractivity contribution in [2.45, 2.75) is 13.8 Å². The predicted octanol–water partition coefficient (Wildman–Crippen LogP) is 2.96. The number of fused-ring (bicyclic) bond motifs is 1. The van der Waals surface area contributed by atoms with Gasteiger partial charge in [0.2, 0.25) is 5.76 Å². The van der Waals surface area contributed by atoms with Crippen LogP contribution in [0.1, 0.15) is 12.7 Å². The first-order valence-corrected chi connectivity index (χ1v) is 5.73. The van der Waals surface area contributed by atoms with Crippen molar-refractivity contribution in [3.05, 3.63) is 24.0 Å². The molecule has 0 fully saturated rings. The summed E-state index contributed by atoms with van der Waals surface area (Å²) in [5.41, 5.74) is 0. The fourth-order valence-electron chi connectivity index (χ4n) is 1.87. The summed E-state index contributed by atoms with van der Waals surface area (Å²) >= 11 is 0. The van der Waals surface area contributed by atoms with Gasteiger partial charge < -0.3 is 9.47 Å². The van der Waals surface area contributed by atoms with Crippen molar-refractivity contribution < 1.29 is 23.4 Å². The standard InChI is InChI=1S/C14H15O5/c1-8-11-7-13(17-4)12(16-3)5-10(11)6-14(18-8)19-9(2)15/h5-7H,1-4H3/q+1. The van der Waals surface area contributed by atoms with Gasteiger partial charge in [0.1, 0.15) is 0 Å². The summed E-state index contributed by atoms with van der Waals surface area (Å²) in [5.74, 6) is 1.59. The lowest BCUT2D eigenvalue weighted by Crippen LogP contribution is -2.01. The van der Waals surface area contributed by atoms with Gasteiger partial charge in [-0.15, -0.1) is 0 Å². The third-order valence-electron chi connectivity index (χ3n) is 2.71. The van der Waals surface area contributed by atoms with Crippen molar-refractivity contribution in [3.8, 4) is 17.4 Å². The first-order chi connectivity index (χ1) is 9.05. The minimum Gasteiger partial charge on any atom is -0.493 e. The highest BCUT2D eigenvalue weighted by Crippen LogP contribution is 2.35. The number of methoxy groups -OCH3 is 2. The van der Waals surface area contributed by atoms with Crippen LogP contribution in [0.25, 0.3) is 10.8 Å². The zero-order valence-corrected chi connectivity index (χ0v) is 11.3. The van der Waals surface area contributed by atoms with E-state index in [1.54, 1.807) is 27.2 Å². The Morgan fingerprint density at radius 2 is 1.74 bits per heavy atom. The normalized spacial score (nSPS) is 10.3. The second kappa shape index (κ2) is 5.14. The summed E-state index contributed by atoms with van der Waals surface area (Å²) in [4.78, 5) is 11.0. The number of aryl methyl sites for hydroxylation is 1. The molecule has 0 aliphatic heterocycles. The molecule has 1 aromatic carbocycles. The minimum absolute atomic E-state index is 0.157. The van der Waals surface area contributed by atoms with Gasteiger partial charge in [0.15, 0.2) is 11.5 Å². The first-order valence-electron chi connectivity index (χ1n) is 5.73. The van der Waals surface area contributed by atoms with Crippen LogP contribution < -0.4 is 14.2 Å². The van der Waals surface area contributed by atoms with Crippen LogP contribution in [0.4, 0.5) is 0 Å². The topological polar surface area (TPSA) is 56.1 Å². The van der Waals surface area contributed by atoms with E-state index >= 15 is 0 Å². The molecule has 1 heterocycles. The molecule has 0 saturated heterocycles. The summed E-state index contributed by atoms with van der Waals surface area (Å²) < 4.78 is 20.9. The van der Waals surface area contributed by atoms with Crippen molar-refractivity contribution in [1.82, 2.24) is 0 Å². The molecule has 0 spiro atoms. The van der Waals surface area contributed by atoms with Crippen LogP contribution in [0.3, 0.4) is 0 Å². The summed E-state index contributed by atoms with van der Waals surface area (Å²) in [6, 6.07) is 5.28. The van der Waals surface area contributed by atoms with E-state index in [9.17, 15) is 4.79 Å². The van der Waals surface area contributed by atoms with Gasteiger partial charge in [-0.3, -0.25) is 4.42 Å². The molecular formula is C14H15O5+. The average molecular weight is 263 g/mol. The van der Waals surface area contributed by atoms with Crippen molar-refractivity contribution in [2.75, 3.05) is 14.2 Å². The van der Waals surface area contributed by atoms with Gasteiger partial charge >= 0.3 is 11.9 Å². The Bertz CT molecular complexity index is 633. The number of benzene rings is 1. The molecule has 0 N–H and O–H groups in total. The van der Waals surface area contributed by atoms with Gasteiger partial charge in [0.05, 0.1) is 32.6 Å². The molecule has 0 aliphatic rings. The monoisotopic (exact) mass is 263 g/mol. The number of carbonyl (C=O) groups excluding carboxylic acids is 1. The van der Waals surface area contributed by atoms with Gasteiger partial charge in [0, 0.05) is 12.3 Å². The van der Waals surface area contributed by atoms with E-state index in [-0.39, 0.29) is 5.95 Å². The number of hydrogen-bond acceptors (Lipinski definition) is 4. The molecule has 0 saturated carbocycles. The molecule has 19 heavy (non-hydrogen) atoms. The molecule has 0 radical (unpaired) electrons. The molecule has 2 aromatic rings. The predicted molar refractivity (Wildman–Crippen MR) is 69.8 cm³/mol. The number of carbonyl (C=O) groups is 1. The molecule has 5 nitrogen and oxygen atoms in total. The second-order valence-electron chi connectivity index (χ2n) is 4.01. The average Bonchev–Trinajstić information content (AvgIpc) is 2.36. The van der Waals surface area contributed by atoms with Crippen molar-refractivity contribution in [2.24, 2.45) is 0 Å². The van der Waals surface area contributed by atoms with E-state index in [1.807, 2.05) is 12.1 Å². The summed E-state index contributed by atoms with van der Waals surface area (Å²) in [6.07, 6.45) is 0. The molecule has 100 valence electrons. The fourth-order valence-corrected chi connectivity index (χ4v) is 1.87. The van der Waals surface area contributed by atoms with E-state index in [1.165, 1.54) is 6.92 Å². The maximum Gasteiger partial charge on any atom is 0.527 e. The maximum absolute atomic E-state index is 11.0. The van der Waals surface area contributed by atoms with Gasteiger partial charge in [-0.1, -0.05) is 0 Å². The Morgan fingerprint density at radius 3 is 2.32 bits per heavy atom. The van der Waals surface area contributed by atoms with Crippen LogP contribution in [0.5, 0.6) is 17.4 Å². The molecule has 1 aromatic heterocycles. The lowest BCUT2D eigenvalue weighted by atomic mass is 10.1. The van der Waals surface area contributed by atoms with Crippen molar-refractivity contribution >= 4 is 16.7 Å². The molecular weight excluding hydrogens is 248 g/mol. The lowest BCUT2D eigenvalue weighted by Gasteiger charge is -2.08. The number of ether oxygens (including phenoxy) is 3. The minimum atomic E-state index is -0.428. The molecule has 0 aliphatic carbocycles. The molecule has 0 atom stereocenters. The summed E-state index contributed by atoms with van der Waals surface area (Å²) in [7, 11) is 3.14. The zero-order chi connectivity index (χ0) is 14.0. The molecule has 2 rings (SSSR count). The Labute approximate surface area is 110 Å². The second-order valence-corrected chi connectivity index (χ2v) is 4.01. The summed E-state index contributed by atoms with van der Waals surface area (Å²) in [6.45, 7) is 3.12. The van der Waals surface area contributed by atoms with Gasteiger partial charge in [-0.2, -0.15) is 0 Å². The van der Waals surface area contributed by atoms with E-state index < -0.39 is 5.97 Å². The molecule has 0 unspecified atom stereocenters. The maximum atomic E-state index is 11.0. The van der Waals surface area contributed by atoms with Crippen molar-refractivity contribution in [1.29, 1.82) is 0 Å². The van der Waals surface area contributed by atoms with Crippen LogP contribution in [0.15, 0.2) is 22.6 Å². The van der Waals surface area contributed by atoms with Gasteiger partial charge in [-0.05, 0) is 12.1 Å².